The van der Waals surface area contributed by atoms with Gasteiger partial charge in [0.25, 0.3) is 0 Å². The van der Waals surface area contributed by atoms with Gasteiger partial charge in [-0.05, 0) is 56.7 Å². The Labute approximate surface area is 165 Å². The summed E-state index contributed by atoms with van der Waals surface area (Å²) in [5.74, 6) is 1.78. The summed E-state index contributed by atoms with van der Waals surface area (Å²) in [6.07, 6.45) is 2.55. The van der Waals surface area contributed by atoms with E-state index in [0.717, 1.165) is 57.5 Å². The molecular weight excluding hydrogens is 338 g/mol. The molecule has 1 heterocycles. The van der Waals surface area contributed by atoms with Crippen LogP contribution >= 0.6 is 0 Å². The second-order valence-electron chi connectivity index (χ2n) is 6.94. The zero-order valence-electron chi connectivity index (χ0n) is 17.5. The van der Waals surface area contributed by atoms with Crippen LogP contribution < -0.4 is 15.4 Å². The van der Waals surface area contributed by atoms with Crippen LogP contribution in [0.1, 0.15) is 38.3 Å². The minimum atomic E-state index is 0.323. The fourth-order valence-electron chi connectivity index (χ4n) is 3.65. The summed E-state index contributed by atoms with van der Waals surface area (Å²) in [4.78, 5) is 9.36. The van der Waals surface area contributed by atoms with E-state index in [1.165, 1.54) is 18.4 Å². The number of likely N-dealkylation sites (tertiary alicyclic amines) is 1. The largest absolute Gasteiger partial charge is 0.497 e. The monoisotopic (exact) mass is 375 g/mol. The van der Waals surface area contributed by atoms with Gasteiger partial charge in [-0.3, -0.25) is 9.89 Å². The van der Waals surface area contributed by atoms with Crippen LogP contribution in [0.2, 0.25) is 0 Å². The van der Waals surface area contributed by atoms with Crippen molar-refractivity contribution >= 4 is 5.96 Å². The molecule has 2 N–H and O–H groups in total. The predicted molar refractivity (Wildman–Crippen MR) is 114 cm³/mol. The molecule has 0 radical (unpaired) electrons. The molecule has 6 nitrogen and oxygen atoms in total. The molecule has 1 aliphatic rings. The van der Waals surface area contributed by atoms with Gasteiger partial charge in [-0.1, -0.05) is 26.0 Å². The number of guanidine groups is 1. The molecule has 1 aromatic rings. The van der Waals surface area contributed by atoms with Crippen LogP contribution in [0.25, 0.3) is 0 Å². The topological polar surface area (TPSA) is 52.1 Å². The van der Waals surface area contributed by atoms with Crippen LogP contribution in [-0.2, 0) is 0 Å². The molecule has 6 heteroatoms. The Bertz CT molecular complexity index is 567. The zero-order chi connectivity index (χ0) is 19.5. The van der Waals surface area contributed by atoms with Crippen LogP contribution in [-0.4, -0.2) is 75.7 Å². The van der Waals surface area contributed by atoms with E-state index in [4.69, 9.17) is 4.74 Å². The van der Waals surface area contributed by atoms with Crippen molar-refractivity contribution in [2.24, 2.45) is 4.99 Å². The maximum absolute atomic E-state index is 5.43. The van der Waals surface area contributed by atoms with Gasteiger partial charge in [0.2, 0.25) is 0 Å². The molecule has 0 aliphatic carbocycles. The normalized spacial score (nSPS) is 16.6. The second kappa shape index (κ2) is 11.8. The maximum atomic E-state index is 5.43. The van der Waals surface area contributed by atoms with Crippen molar-refractivity contribution in [3.05, 3.63) is 29.8 Å². The number of rotatable bonds is 10. The SMILES string of the molecule is CCN(CC)CCNC(=NC)NCC(c1cccc(OC)c1)N1CCCC1. The van der Waals surface area contributed by atoms with Gasteiger partial charge in [0.15, 0.2) is 5.96 Å². The van der Waals surface area contributed by atoms with Crippen LogP contribution in [0.4, 0.5) is 0 Å². The Morgan fingerprint density at radius 3 is 2.59 bits per heavy atom. The van der Waals surface area contributed by atoms with Crippen LogP contribution in [0.15, 0.2) is 29.3 Å². The fraction of sp³-hybridized carbons (Fsp3) is 0.667. The summed E-state index contributed by atoms with van der Waals surface area (Å²) in [5.41, 5.74) is 1.29. The Kier molecular flexibility index (Phi) is 9.42. The average molecular weight is 376 g/mol. The quantitative estimate of drug-likeness (QED) is 0.486. The van der Waals surface area contributed by atoms with Crippen molar-refractivity contribution in [1.82, 2.24) is 20.4 Å². The van der Waals surface area contributed by atoms with Crippen molar-refractivity contribution in [3.63, 3.8) is 0 Å². The van der Waals surface area contributed by atoms with Crippen LogP contribution in [0.5, 0.6) is 5.75 Å². The summed E-state index contributed by atoms with van der Waals surface area (Å²) >= 11 is 0. The van der Waals surface area contributed by atoms with Gasteiger partial charge in [0, 0.05) is 26.7 Å². The minimum Gasteiger partial charge on any atom is -0.497 e. The van der Waals surface area contributed by atoms with E-state index < -0.39 is 0 Å². The van der Waals surface area contributed by atoms with Crippen molar-refractivity contribution in [3.8, 4) is 5.75 Å². The Balaban J connectivity index is 1.95. The smallest absolute Gasteiger partial charge is 0.191 e. The number of hydrogen-bond donors (Lipinski definition) is 2. The van der Waals surface area contributed by atoms with Gasteiger partial charge < -0.3 is 20.3 Å². The van der Waals surface area contributed by atoms with Crippen molar-refractivity contribution < 1.29 is 4.74 Å². The lowest BCUT2D eigenvalue weighted by Crippen LogP contribution is -2.44. The van der Waals surface area contributed by atoms with Gasteiger partial charge >= 0.3 is 0 Å². The second-order valence-corrected chi connectivity index (χ2v) is 6.94. The summed E-state index contributed by atoms with van der Waals surface area (Å²) in [6, 6.07) is 8.76. The zero-order valence-corrected chi connectivity index (χ0v) is 17.5. The Morgan fingerprint density at radius 2 is 1.96 bits per heavy atom. The van der Waals surface area contributed by atoms with Gasteiger partial charge in [0.1, 0.15) is 5.75 Å². The van der Waals surface area contributed by atoms with Crippen molar-refractivity contribution in [2.45, 2.75) is 32.7 Å². The lowest BCUT2D eigenvalue weighted by atomic mass is 10.1. The predicted octanol–water partition coefficient (Wildman–Crippen LogP) is 2.34. The van der Waals surface area contributed by atoms with E-state index in [1.54, 1.807) is 7.11 Å². The van der Waals surface area contributed by atoms with Crippen molar-refractivity contribution in [2.75, 3.05) is 60.0 Å². The molecule has 0 aromatic heterocycles. The van der Waals surface area contributed by atoms with E-state index >= 15 is 0 Å². The van der Waals surface area contributed by atoms with E-state index in [-0.39, 0.29) is 0 Å². The van der Waals surface area contributed by atoms with E-state index in [1.807, 2.05) is 13.1 Å². The van der Waals surface area contributed by atoms with Gasteiger partial charge in [-0.25, -0.2) is 0 Å². The summed E-state index contributed by atoms with van der Waals surface area (Å²) in [5, 5.41) is 6.97. The molecule has 2 rings (SSSR count). The first-order valence-electron chi connectivity index (χ1n) is 10.3. The highest BCUT2D eigenvalue weighted by Gasteiger charge is 2.24. The highest BCUT2D eigenvalue weighted by Crippen LogP contribution is 2.27. The molecule has 1 unspecified atom stereocenters. The minimum absolute atomic E-state index is 0.323. The van der Waals surface area contributed by atoms with E-state index in [9.17, 15) is 0 Å². The molecule has 0 saturated carbocycles. The highest BCUT2D eigenvalue weighted by molar-refractivity contribution is 5.79. The van der Waals surface area contributed by atoms with Gasteiger partial charge in [-0.15, -0.1) is 0 Å². The number of benzene rings is 1. The van der Waals surface area contributed by atoms with Crippen molar-refractivity contribution in [1.29, 1.82) is 0 Å². The number of hydrogen-bond acceptors (Lipinski definition) is 4. The maximum Gasteiger partial charge on any atom is 0.191 e. The first kappa shape index (κ1) is 21.5. The molecular formula is C21H37N5O. The standard InChI is InChI=1S/C21H37N5O/c1-5-25(6-2)15-12-23-21(22-3)24-17-20(26-13-7-8-14-26)18-10-9-11-19(16-18)27-4/h9-11,16,20H,5-8,12-15,17H2,1-4H3,(H2,22,23,24). The molecule has 1 fully saturated rings. The third-order valence-corrected chi connectivity index (χ3v) is 5.36. The molecule has 0 spiro atoms. The average Bonchev–Trinajstić information content (AvgIpc) is 3.24. The number of nitrogens with zero attached hydrogens (tertiary/aromatic N) is 3. The van der Waals surface area contributed by atoms with Gasteiger partial charge in [0.05, 0.1) is 13.2 Å². The lowest BCUT2D eigenvalue weighted by molar-refractivity contribution is 0.244. The molecule has 1 aromatic carbocycles. The van der Waals surface area contributed by atoms with Crippen LogP contribution in [0.3, 0.4) is 0 Å². The van der Waals surface area contributed by atoms with Crippen LogP contribution in [0, 0.1) is 0 Å². The number of likely N-dealkylation sites (N-methyl/N-ethyl adjacent to an activating group) is 1. The lowest BCUT2D eigenvalue weighted by Gasteiger charge is -2.29. The summed E-state index contributed by atoms with van der Waals surface area (Å²) < 4.78 is 5.43. The molecule has 0 bridgehead atoms. The molecule has 0 amide bonds. The number of aliphatic imine (C=N–C) groups is 1. The molecule has 152 valence electrons. The first-order chi connectivity index (χ1) is 13.2. The Hall–Kier alpha value is -1.79. The summed E-state index contributed by atoms with van der Waals surface area (Å²) in [7, 11) is 3.56. The number of methoxy groups -OCH3 is 1. The number of nitrogens with one attached hydrogen (secondary N) is 2. The Morgan fingerprint density at radius 1 is 1.22 bits per heavy atom. The molecule has 1 aliphatic heterocycles. The third-order valence-electron chi connectivity index (χ3n) is 5.36. The molecule has 1 atom stereocenters. The van der Waals surface area contributed by atoms with E-state index in [0.29, 0.717) is 6.04 Å². The number of ether oxygens (including phenoxy) is 1. The fourth-order valence-corrected chi connectivity index (χ4v) is 3.65. The van der Waals surface area contributed by atoms with E-state index in [2.05, 4.69) is 57.5 Å². The highest BCUT2D eigenvalue weighted by atomic mass is 16.5. The van der Waals surface area contributed by atoms with Gasteiger partial charge in [-0.2, -0.15) is 0 Å². The molecule has 27 heavy (non-hydrogen) atoms. The third kappa shape index (κ3) is 6.70. The summed E-state index contributed by atoms with van der Waals surface area (Å²) in [6.45, 7) is 11.6. The first-order valence-corrected chi connectivity index (χ1v) is 10.3. The molecule has 1 saturated heterocycles.